The normalized spacial score (nSPS) is 47.4. The molecule has 2 aliphatic rings. The smallest absolute Gasteiger partial charge is 0.185 e. The zero-order valence-electron chi connectivity index (χ0n) is 10.2. The van der Waals surface area contributed by atoms with Crippen molar-refractivity contribution in [2.24, 2.45) is 5.92 Å². The maximum atomic E-state index is 10.1. The monoisotopic (exact) mass is 232 g/mol. The van der Waals surface area contributed by atoms with E-state index in [1.165, 1.54) is 7.11 Å². The summed E-state index contributed by atoms with van der Waals surface area (Å²) in [6.07, 6.45) is -2.00. The van der Waals surface area contributed by atoms with Crippen LogP contribution in [0.3, 0.4) is 0 Å². The Balaban J connectivity index is 2.19. The van der Waals surface area contributed by atoms with Crippen molar-refractivity contribution in [1.29, 1.82) is 0 Å². The van der Waals surface area contributed by atoms with E-state index >= 15 is 0 Å². The molecule has 1 N–H and O–H groups in total. The quantitative estimate of drug-likeness (QED) is 0.713. The van der Waals surface area contributed by atoms with Crippen molar-refractivity contribution in [2.75, 3.05) is 13.7 Å². The highest BCUT2D eigenvalue weighted by Gasteiger charge is 2.51. The zero-order valence-corrected chi connectivity index (χ0v) is 10.2. The Morgan fingerprint density at radius 2 is 1.88 bits per heavy atom. The second kappa shape index (κ2) is 4.23. The Morgan fingerprint density at radius 3 is 2.50 bits per heavy atom. The van der Waals surface area contributed by atoms with Crippen LogP contribution in [-0.4, -0.2) is 49.2 Å². The molecule has 5 atom stereocenters. The van der Waals surface area contributed by atoms with E-state index < -0.39 is 24.3 Å². The van der Waals surface area contributed by atoms with Gasteiger partial charge in [-0.25, -0.2) is 0 Å². The third kappa shape index (κ3) is 2.10. The largest absolute Gasteiger partial charge is 0.385 e. The number of hydrogen-bond acceptors (Lipinski definition) is 5. The number of hydrogen-bond donors (Lipinski definition) is 1. The molecule has 5 heteroatoms. The first-order chi connectivity index (χ1) is 7.44. The molecule has 2 heterocycles. The van der Waals surface area contributed by atoms with E-state index in [0.717, 1.165) is 0 Å². The van der Waals surface area contributed by atoms with E-state index in [-0.39, 0.29) is 12.0 Å². The lowest BCUT2D eigenvalue weighted by molar-refractivity contribution is -0.219. The van der Waals surface area contributed by atoms with Crippen LogP contribution in [0.25, 0.3) is 0 Å². The van der Waals surface area contributed by atoms with Gasteiger partial charge in [0.25, 0.3) is 0 Å². The summed E-state index contributed by atoms with van der Waals surface area (Å²) in [5.41, 5.74) is 0. The number of aliphatic hydroxyl groups excluding tert-OH is 1. The summed E-state index contributed by atoms with van der Waals surface area (Å²) in [6, 6.07) is 0. The molecule has 0 aromatic carbocycles. The predicted molar refractivity (Wildman–Crippen MR) is 55.7 cm³/mol. The molecular formula is C11H20O5. The number of methoxy groups -OCH3 is 1. The minimum atomic E-state index is -0.818. The highest BCUT2D eigenvalue weighted by Crippen LogP contribution is 2.36. The van der Waals surface area contributed by atoms with Crippen LogP contribution in [0.15, 0.2) is 0 Å². The lowest BCUT2D eigenvalue weighted by atomic mass is 9.98. The van der Waals surface area contributed by atoms with Gasteiger partial charge in [-0.05, 0) is 13.8 Å². The maximum absolute atomic E-state index is 10.1. The molecule has 2 aliphatic heterocycles. The zero-order chi connectivity index (χ0) is 11.9. The van der Waals surface area contributed by atoms with Gasteiger partial charge in [0.1, 0.15) is 12.2 Å². The van der Waals surface area contributed by atoms with Crippen LogP contribution < -0.4 is 0 Å². The first-order valence-electron chi connectivity index (χ1n) is 5.63. The molecule has 0 amide bonds. The molecule has 0 spiro atoms. The summed E-state index contributed by atoms with van der Waals surface area (Å²) in [4.78, 5) is 0. The van der Waals surface area contributed by atoms with Crippen LogP contribution in [0, 0.1) is 5.92 Å². The number of fused-ring (bicyclic) bond motifs is 1. The first kappa shape index (κ1) is 12.3. The van der Waals surface area contributed by atoms with E-state index in [9.17, 15) is 5.11 Å². The van der Waals surface area contributed by atoms with Crippen LogP contribution in [0.2, 0.25) is 0 Å². The minimum absolute atomic E-state index is 0.148. The molecule has 5 nitrogen and oxygen atoms in total. The van der Waals surface area contributed by atoms with Gasteiger partial charge >= 0.3 is 0 Å². The number of aliphatic hydroxyl groups is 1. The summed E-state index contributed by atoms with van der Waals surface area (Å²) >= 11 is 0. The van der Waals surface area contributed by atoms with Gasteiger partial charge < -0.3 is 24.1 Å². The maximum Gasteiger partial charge on any atom is 0.185 e. The molecule has 2 fully saturated rings. The van der Waals surface area contributed by atoms with Crippen molar-refractivity contribution in [3.8, 4) is 0 Å². The third-order valence-corrected chi connectivity index (χ3v) is 3.10. The highest BCUT2D eigenvalue weighted by atomic mass is 16.8. The fraction of sp³-hybridized carbons (Fsp3) is 1.00. The summed E-state index contributed by atoms with van der Waals surface area (Å²) in [5.74, 6) is -0.484. The third-order valence-electron chi connectivity index (χ3n) is 3.10. The van der Waals surface area contributed by atoms with Crippen LogP contribution in [0.4, 0.5) is 0 Å². The summed E-state index contributed by atoms with van der Waals surface area (Å²) in [6.45, 7) is 6.22. The molecule has 16 heavy (non-hydrogen) atoms. The van der Waals surface area contributed by atoms with Gasteiger partial charge in [-0.2, -0.15) is 0 Å². The summed E-state index contributed by atoms with van der Waals surface area (Å²) < 4.78 is 22.1. The average Bonchev–Trinajstić information content (AvgIpc) is 2.50. The van der Waals surface area contributed by atoms with Crippen molar-refractivity contribution in [3.05, 3.63) is 0 Å². The Hall–Kier alpha value is -0.200. The molecule has 0 aromatic heterocycles. The Labute approximate surface area is 95.6 Å². The molecule has 0 aromatic rings. The topological polar surface area (TPSA) is 57.2 Å². The van der Waals surface area contributed by atoms with Crippen LogP contribution in [0.5, 0.6) is 0 Å². The van der Waals surface area contributed by atoms with E-state index in [4.69, 9.17) is 18.9 Å². The van der Waals surface area contributed by atoms with Gasteiger partial charge in [0.15, 0.2) is 12.1 Å². The minimum Gasteiger partial charge on any atom is -0.385 e. The summed E-state index contributed by atoms with van der Waals surface area (Å²) in [5, 5.41) is 10.1. The van der Waals surface area contributed by atoms with E-state index in [2.05, 4.69) is 0 Å². The molecule has 0 bridgehead atoms. The Kier molecular flexibility index (Phi) is 3.25. The highest BCUT2D eigenvalue weighted by molar-refractivity contribution is 4.92. The lowest BCUT2D eigenvalue weighted by Gasteiger charge is -2.25. The molecule has 0 aliphatic carbocycles. The van der Waals surface area contributed by atoms with E-state index in [1.807, 2.05) is 20.8 Å². The van der Waals surface area contributed by atoms with Gasteiger partial charge in [0, 0.05) is 13.0 Å². The molecule has 0 saturated carbocycles. The first-order valence-corrected chi connectivity index (χ1v) is 5.63. The van der Waals surface area contributed by atoms with Crippen molar-refractivity contribution in [2.45, 2.75) is 51.2 Å². The SMILES string of the molecule is CO[C@H]1OC[C@@H](C)[C@H]2OC(C)(C)OC2[C@@H]1O. The standard InChI is InChI=1S/C11H20O5/c1-6-5-14-10(13-4)7(12)9-8(6)15-11(2,3)16-9/h6-10,12H,5H2,1-4H3/t6-,7+,8-,9?,10+/m1/s1. The van der Waals surface area contributed by atoms with Gasteiger partial charge in [-0.1, -0.05) is 6.92 Å². The van der Waals surface area contributed by atoms with Gasteiger partial charge in [-0.3, -0.25) is 0 Å². The fourth-order valence-electron chi connectivity index (χ4n) is 2.32. The van der Waals surface area contributed by atoms with Crippen molar-refractivity contribution >= 4 is 0 Å². The van der Waals surface area contributed by atoms with E-state index in [0.29, 0.717) is 6.61 Å². The lowest BCUT2D eigenvalue weighted by Crippen LogP contribution is -2.43. The Bertz CT molecular complexity index is 255. The average molecular weight is 232 g/mol. The van der Waals surface area contributed by atoms with Gasteiger partial charge in [0.2, 0.25) is 0 Å². The second-order valence-corrected chi connectivity index (χ2v) is 4.97. The second-order valence-electron chi connectivity index (χ2n) is 4.97. The molecular weight excluding hydrogens is 212 g/mol. The van der Waals surface area contributed by atoms with Crippen LogP contribution >= 0.6 is 0 Å². The molecule has 2 rings (SSSR count). The van der Waals surface area contributed by atoms with Crippen LogP contribution in [-0.2, 0) is 18.9 Å². The van der Waals surface area contributed by atoms with Gasteiger partial charge in [-0.15, -0.1) is 0 Å². The molecule has 1 unspecified atom stereocenters. The van der Waals surface area contributed by atoms with E-state index in [1.54, 1.807) is 0 Å². The number of rotatable bonds is 1. The predicted octanol–water partition coefficient (Wildman–Crippen LogP) is 0.506. The number of ether oxygens (including phenoxy) is 4. The van der Waals surface area contributed by atoms with Gasteiger partial charge in [0.05, 0.1) is 12.7 Å². The molecule has 0 radical (unpaired) electrons. The fourth-order valence-corrected chi connectivity index (χ4v) is 2.32. The molecule has 2 saturated heterocycles. The molecule has 94 valence electrons. The van der Waals surface area contributed by atoms with Crippen molar-refractivity contribution < 1.29 is 24.1 Å². The van der Waals surface area contributed by atoms with Crippen LogP contribution in [0.1, 0.15) is 20.8 Å². The Morgan fingerprint density at radius 1 is 1.25 bits per heavy atom. The van der Waals surface area contributed by atoms with Crippen molar-refractivity contribution in [3.63, 3.8) is 0 Å². The summed E-state index contributed by atoms with van der Waals surface area (Å²) in [7, 11) is 1.51. The van der Waals surface area contributed by atoms with Crippen molar-refractivity contribution in [1.82, 2.24) is 0 Å².